The number of hydrogen-bond acceptors (Lipinski definition) is 3. The molecule has 0 unspecified atom stereocenters. The highest BCUT2D eigenvalue weighted by atomic mass is 79.9. The van der Waals surface area contributed by atoms with Gasteiger partial charge < -0.3 is 5.32 Å². The molecule has 0 spiro atoms. The van der Waals surface area contributed by atoms with E-state index in [-0.39, 0.29) is 16.1 Å². The lowest BCUT2D eigenvalue weighted by atomic mass is 10.1. The predicted molar refractivity (Wildman–Crippen MR) is 120 cm³/mol. The number of rotatable bonds is 5. The Bertz CT molecular complexity index is 1220. The van der Waals surface area contributed by atoms with Crippen molar-refractivity contribution >= 4 is 43.2 Å². The van der Waals surface area contributed by atoms with Crippen molar-refractivity contribution in [1.29, 1.82) is 0 Å². The molecule has 8 heteroatoms. The fourth-order valence-electron chi connectivity index (χ4n) is 3.06. The zero-order valence-corrected chi connectivity index (χ0v) is 19.0. The molecule has 0 aromatic heterocycles. The maximum absolute atomic E-state index is 14.0. The van der Waals surface area contributed by atoms with Gasteiger partial charge in [0.1, 0.15) is 5.82 Å². The van der Waals surface area contributed by atoms with Crippen LogP contribution in [-0.2, 0) is 10.0 Å². The van der Waals surface area contributed by atoms with Crippen LogP contribution >= 0.6 is 15.9 Å². The van der Waals surface area contributed by atoms with Crippen molar-refractivity contribution in [1.82, 2.24) is 0 Å². The van der Waals surface area contributed by atoms with E-state index in [1.165, 1.54) is 24.3 Å². The highest BCUT2D eigenvalue weighted by molar-refractivity contribution is 9.10. The van der Waals surface area contributed by atoms with Gasteiger partial charge in [0.25, 0.3) is 15.9 Å². The number of nitrogens with one attached hydrogen (secondary N) is 2. The molecule has 0 heterocycles. The SMILES string of the molecule is Cc1cc(C)cc(NS(=O)(=O)c2cc(C(=O)Nc3ccc(Br)cc3F)ccc2C)c1. The van der Waals surface area contributed by atoms with Gasteiger partial charge in [-0.3, -0.25) is 9.52 Å². The number of carbonyl (C=O) groups excluding carboxylic acids is 1. The first-order valence-corrected chi connectivity index (χ1v) is 11.3. The zero-order chi connectivity index (χ0) is 22.1. The van der Waals surface area contributed by atoms with E-state index in [0.717, 1.165) is 11.1 Å². The fourth-order valence-corrected chi connectivity index (χ4v) is 4.71. The van der Waals surface area contributed by atoms with Crippen molar-refractivity contribution in [3.63, 3.8) is 0 Å². The third-order valence-corrected chi connectivity index (χ3v) is 6.41. The first-order valence-electron chi connectivity index (χ1n) is 9.03. The summed E-state index contributed by atoms with van der Waals surface area (Å²) < 4.78 is 43.0. The number of halogens is 2. The fraction of sp³-hybridized carbons (Fsp3) is 0.136. The summed E-state index contributed by atoms with van der Waals surface area (Å²) in [6.45, 7) is 5.40. The van der Waals surface area contributed by atoms with Crippen LogP contribution in [0.4, 0.5) is 15.8 Å². The van der Waals surface area contributed by atoms with Gasteiger partial charge in [-0.15, -0.1) is 0 Å². The molecule has 30 heavy (non-hydrogen) atoms. The van der Waals surface area contributed by atoms with Crippen molar-refractivity contribution in [2.75, 3.05) is 10.0 Å². The van der Waals surface area contributed by atoms with E-state index < -0.39 is 21.7 Å². The number of hydrogen-bond donors (Lipinski definition) is 2. The van der Waals surface area contributed by atoms with Crippen LogP contribution in [-0.4, -0.2) is 14.3 Å². The molecule has 0 aliphatic heterocycles. The highest BCUT2D eigenvalue weighted by Gasteiger charge is 2.20. The quantitative estimate of drug-likeness (QED) is 0.490. The summed E-state index contributed by atoms with van der Waals surface area (Å²) in [5.74, 6) is -1.21. The second kappa shape index (κ2) is 8.57. The van der Waals surface area contributed by atoms with Crippen LogP contribution in [0.25, 0.3) is 0 Å². The minimum absolute atomic E-state index is 0.00143. The molecule has 5 nitrogen and oxygen atoms in total. The Morgan fingerprint density at radius 3 is 2.23 bits per heavy atom. The molecule has 2 N–H and O–H groups in total. The van der Waals surface area contributed by atoms with Crippen LogP contribution in [0.2, 0.25) is 0 Å². The van der Waals surface area contributed by atoms with Crippen molar-refractivity contribution in [2.24, 2.45) is 0 Å². The number of anilines is 2. The summed E-state index contributed by atoms with van der Waals surface area (Å²) in [5.41, 5.74) is 2.88. The third kappa shape index (κ3) is 5.06. The highest BCUT2D eigenvalue weighted by Crippen LogP contribution is 2.24. The van der Waals surface area contributed by atoms with Gasteiger partial charge in [-0.2, -0.15) is 0 Å². The molecule has 0 radical (unpaired) electrons. The average Bonchev–Trinajstić information content (AvgIpc) is 2.62. The smallest absolute Gasteiger partial charge is 0.262 e. The van der Waals surface area contributed by atoms with E-state index in [9.17, 15) is 17.6 Å². The summed E-state index contributed by atoms with van der Waals surface area (Å²) in [6, 6.07) is 14.0. The second-order valence-corrected chi connectivity index (χ2v) is 9.61. The molecule has 3 aromatic rings. The molecule has 156 valence electrons. The molecule has 0 fully saturated rings. The maximum Gasteiger partial charge on any atom is 0.262 e. The normalized spacial score (nSPS) is 11.2. The molecule has 3 rings (SSSR count). The van der Waals surface area contributed by atoms with Crippen LogP contribution in [0.1, 0.15) is 27.0 Å². The minimum Gasteiger partial charge on any atom is -0.319 e. The van der Waals surface area contributed by atoms with Gasteiger partial charge in [0.15, 0.2) is 0 Å². The Kier molecular flexibility index (Phi) is 6.28. The molecule has 0 atom stereocenters. The minimum atomic E-state index is -3.93. The topological polar surface area (TPSA) is 75.3 Å². The lowest BCUT2D eigenvalue weighted by molar-refractivity contribution is 0.102. The summed E-state index contributed by atoms with van der Waals surface area (Å²) >= 11 is 3.16. The van der Waals surface area contributed by atoms with Crippen LogP contribution in [0.3, 0.4) is 0 Å². The van der Waals surface area contributed by atoms with E-state index >= 15 is 0 Å². The summed E-state index contributed by atoms with van der Waals surface area (Å²) in [6.07, 6.45) is 0. The van der Waals surface area contributed by atoms with E-state index in [1.807, 2.05) is 19.9 Å². The van der Waals surface area contributed by atoms with Crippen molar-refractivity contribution < 1.29 is 17.6 Å². The third-order valence-electron chi connectivity index (χ3n) is 4.39. The van der Waals surface area contributed by atoms with Crippen molar-refractivity contribution in [2.45, 2.75) is 25.7 Å². The van der Waals surface area contributed by atoms with E-state index in [2.05, 4.69) is 26.0 Å². The van der Waals surface area contributed by atoms with Gasteiger partial charge in [0.05, 0.1) is 10.6 Å². The Morgan fingerprint density at radius 2 is 1.60 bits per heavy atom. The van der Waals surface area contributed by atoms with E-state index in [4.69, 9.17) is 0 Å². The molecule has 0 aliphatic carbocycles. The molecular weight excluding hydrogens is 471 g/mol. The van der Waals surface area contributed by atoms with Gasteiger partial charge in [-0.25, -0.2) is 12.8 Å². The molecular formula is C22H20BrFN2O3S. The second-order valence-electron chi connectivity index (χ2n) is 7.04. The zero-order valence-electron chi connectivity index (χ0n) is 16.6. The van der Waals surface area contributed by atoms with Crippen LogP contribution in [0, 0.1) is 26.6 Å². The Hall–Kier alpha value is -2.71. The summed E-state index contributed by atoms with van der Waals surface area (Å²) in [5, 5.41) is 2.47. The van der Waals surface area contributed by atoms with E-state index in [0.29, 0.717) is 15.7 Å². The monoisotopic (exact) mass is 490 g/mol. The van der Waals surface area contributed by atoms with Gasteiger partial charge in [-0.05, 0) is 79.9 Å². The predicted octanol–water partition coefficient (Wildman–Crippen LogP) is 5.57. The standard InChI is InChI=1S/C22H20BrFN2O3S/c1-13-8-14(2)10-18(9-13)26-30(28,29)21-11-16(5-4-15(21)3)22(27)25-20-7-6-17(23)12-19(20)24/h4-12,26H,1-3H3,(H,25,27). The number of sulfonamides is 1. The Morgan fingerprint density at radius 1 is 0.933 bits per heavy atom. The summed E-state index contributed by atoms with van der Waals surface area (Å²) in [4.78, 5) is 12.6. The van der Waals surface area contributed by atoms with Gasteiger partial charge in [0, 0.05) is 15.7 Å². The number of amides is 1. The van der Waals surface area contributed by atoms with E-state index in [1.54, 1.807) is 31.2 Å². The number of aryl methyl sites for hydroxylation is 3. The molecule has 0 saturated carbocycles. The van der Waals surface area contributed by atoms with Crippen LogP contribution in [0.15, 0.2) is 64.0 Å². The maximum atomic E-state index is 14.0. The molecule has 3 aromatic carbocycles. The first kappa shape index (κ1) is 22.0. The molecule has 0 bridgehead atoms. The summed E-state index contributed by atoms with van der Waals surface area (Å²) in [7, 11) is -3.93. The number of benzene rings is 3. The van der Waals surface area contributed by atoms with Gasteiger partial charge in [-0.1, -0.05) is 28.1 Å². The molecule has 0 saturated heterocycles. The van der Waals surface area contributed by atoms with Crippen molar-refractivity contribution in [3.05, 3.63) is 87.1 Å². The molecule has 0 aliphatic rings. The van der Waals surface area contributed by atoms with Crippen LogP contribution < -0.4 is 10.0 Å². The largest absolute Gasteiger partial charge is 0.319 e. The van der Waals surface area contributed by atoms with Gasteiger partial charge in [0.2, 0.25) is 0 Å². The average molecular weight is 491 g/mol. The lowest BCUT2D eigenvalue weighted by Gasteiger charge is -2.13. The molecule has 1 amide bonds. The van der Waals surface area contributed by atoms with Crippen molar-refractivity contribution in [3.8, 4) is 0 Å². The number of carbonyl (C=O) groups is 1. The lowest BCUT2D eigenvalue weighted by Crippen LogP contribution is -2.17. The Labute approximate surface area is 183 Å². The van der Waals surface area contributed by atoms with Gasteiger partial charge >= 0.3 is 0 Å². The van der Waals surface area contributed by atoms with Crippen LogP contribution in [0.5, 0.6) is 0 Å². The first-order chi connectivity index (χ1) is 14.0. The Balaban J connectivity index is 1.91.